The number of phenolic OH excluding ortho intramolecular Hbond substituents is 1. The first-order valence-electron chi connectivity index (χ1n) is 11.3. The molecule has 11 nitrogen and oxygen atoms in total. The average molecular weight is 558 g/mol. The number of aromatic nitrogens is 1. The van der Waals surface area contributed by atoms with E-state index >= 15 is 4.39 Å². The molecule has 1 aliphatic heterocycles. The normalized spacial score (nSPS) is 14.3. The molecule has 202 valence electrons. The molecule has 2 unspecified atom stereocenters. The van der Waals surface area contributed by atoms with E-state index in [1.807, 2.05) is 6.07 Å². The van der Waals surface area contributed by atoms with Crippen LogP contribution in [0, 0.1) is 23.0 Å². The van der Waals surface area contributed by atoms with Gasteiger partial charge in [0.2, 0.25) is 11.6 Å². The number of nitrogens with two attached hydrogens (primary N) is 1. The number of pyridine rings is 1. The van der Waals surface area contributed by atoms with E-state index in [4.69, 9.17) is 25.6 Å². The number of hydrogen-bond donors (Lipinski definition) is 3. The van der Waals surface area contributed by atoms with E-state index in [0.29, 0.717) is 25.1 Å². The summed E-state index contributed by atoms with van der Waals surface area (Å²) >= 11 is 0. The number of halogens is 2. The van der Waals surface area contributed by atoms with Crippen molar-refractivity contribution in [3.8, 4) is 34.9 Å². The second-order valence-corrected chi connectivity index (χ2v) is 9.79. The van der Waals surface area contributed by atoms with Gasteiger partial charge in [-0.15, -0.1) is 0 Å². The van der Waals surface area contributed by atoms with Gasteiger partial charge in [0.15, 0.2) is 17.3 Å². The SMILES string of the molecule is CN1CCN=C1c1cc(S(=O)CC(N)C(=O)O)ccc1Oc1c(F)cnc(Oc2cc(C#N)ccc2O)c1F. The Kier molecular flexibility index (Phi) is 8.03. The van der Waals surface area contributed by atoms with Crippen LogP contribution in [-0.4, -0.2) is 68.0 Å². The maximum Gasteiger partial charge on any atom is 0.321 e. The van der Waals surface area contributed by atoms with Gasteiger partial charge in [-0.25, -0.2) is 9.37 Å². The predicted molar refractivity (Wildman–Crippen MR) is 134 cm³/mol. The molecule has 2 atom stereocenters. The summed E-state index contributed by atoms with van der Waals surface area (Å²) in [6.07, 6.45) is 0.661. The zero-order chi connectivity index (χ0) is 28.3. The van der Waals surface area contributed by atoms with Gasteiger partial charge in [-0.2, -0.15) is 9.65 Å². The fourth-order valence-corrected chi connectivity index (χ4v) is 4.68. The summed E-state index contributed by atoms with van der Waals surface area (Å²) in [4.78, 5) is 21.0. The summed E-state index contributed by atoms with van der Waals surface area (Å²) in [5, 5.41) is 28.1. The van der Waals surface area contributed by atoms with Gasteiger partial charge in [-0.1, -0.05) is 0 Å². The number of benzene rings is 2. The topological polar surface area (TPSA) is 171 Å². The number of rotatable bonds is 9. The van der Waals surface area contributed by atoms with Crippen LogP contribution < -0.4 is 15.2 Å². The van der Waals surface area contributed by atoms with Gasteiger partial charge >= 0.3 is 5.97 Å². The number of carboxylic acid groups (broad SMARTS) is 1. The number of aliphatic carboxylic acids is 1. The average Bonchev–Trinajstić information content (AvgIpc) is 3.34. The van der Waals surface area contributed by atoms with Crippen molar-refractivity contribution in [1.82, 2.24) is 9.88 Å². The maximum absolute atomic E-state index is 15.4. The lowest BCUT2D eigenvalue weighted by atomic mass is 10.1. The summed E-state index contributed by atoms with van der Waals surface area (Å²) in [5.41, 5.74) is 5.89. The first kappa shape index (κ1) is 27.4. The van der Waals surface area contributed by atoms with Crippen molar-refractivity contribution in [2.24, 2.45) is 10.7 Å². The number of phenols is 1. The van der Waals surface area contributed by atoms with E-state index in [-0.39, 0.29) is 33.3 Å². The molecule has 1 aromatic heterocycles. The number of aromatic hydroxyl groups is 1. The van der Waals surface area contributed by atoms with Crippen molar-refractivity contribution in [2.75, 3.05) is 25.9 Å². The summed E-state index contributed by atoms with van der Waals surface area (Å²) in [6, 6.07) is 8.26. The van der Waals surface area contributed by atoms with Gasteiger partial charge in [-0.05, 0) is 30.3 Å². The lowest BCUT2D eigenvalue weighted by molar-refractivity contribution is -0.137. The zero-order valence-electron chi connectivity index (χ0n) is 20.3. The van der Waals surface area contributed by atoms with E-state index < -0.39 is 51.8 Å². The molecule has 0 radical (unpaired) electrons. The third kappa shape index (κ3) is 5.95. The minimum atomic E-state index is -1.81. The Morgan fingerprint density at radius 3 is 2.69 bits per heavy atom. The molecule has 2 aromatic carbocycles. The molecule has 39 heavy (non-hydrogen) atoms. The third-order valence-corrected chi connectivity index (χ3v) is 7.01. The molecule has 4 N–H and O–H groups in total. The number of hydrogen-bond acceptors (Lipinski definition) is 10. The van der Waals surface area contributed by atoms with E-state index in [0.717, 1.165) is 6.07 Å². The van der Waals surface area contributed by atoms with E-state index in [9.17, 15) is 18.5 Å². The fourth-order valence-electron chi connectivity index (χ4n) is 3.55. The number of ether oxygens (including phenoxy) is 2. The minimum absolute atomic E-state index is 0.0462. The smallest absolute Gasteiger partial charge is 0.321 e. The Balaban J connectivity index is 1.72. The Labute approximate surface area is 223 Å². The standard InChI is InChI=1S/C25H21F2N5O6S/c1-32-7-6-30-23(32)15-9-14(39(36)12-17(29)25(34)35)3-5-19(15)37-22-16(26)11-31-24(21(22)27)38-20-8-13(10-28)2-4-18(20)33/h2-5,8-9,11,17,33H,6-7,12,29H2,1H3,(H,34,35). The molecule has 1 aliphatic rings. The van der Waals surface area contributed by atoms with Crippen LogP contribution >= 0.6 is 0 Å². The number of carboxylic acids is 1. The van der Waals surface area contributed by atoms with Crippen molar-refractivity contribution in [3.05, 3.63) is 65.4 Å². The largest absolute Gasteiger partial charge is 0.504 e. The number of nitrogens with zero attached hydrogens (tertiary/aromatic N) is 4. The Bertz CT molecular complexity index is 1540. The molecule has 0 saturated carbocycles. The second kappa shape index (κ2) is 11.4. The molecule has 0 aliphatic carbocycles. The van der Waals surface area contributed by atoms with E-state index in [1.165, 1.54) is 30.3 Å². The van der Waals surface area contributed by atoms with Gasteiger partial charge in [0.05, 0.1) is 46.5 Å². The first-order valence-corrected chi connectivity index (χ1v) is 12.6. The van der Waals surface area contributed by atoms with Crippen molar-refractivity contribution < 1.29 is 37.5 Å². The summed E-state index contributed by atoms with van der Waals surface area (Å²) in [7, 11) is -0.0733. The summed E-state index contributed by atoms with van der Waals surface area (Å²) in [5.74, 6) is -6.10. The quantitative estimate of drug-likeness (QED) is 0.355. The fraction of sp³-hybridized carbons (Fsp3) is 0.200. The highest BCUT2D eigenvalue weighted by Gasteiger charge is 2.26. The van der Waals surface area contributed by atoms with Gasteiger partial charge in [-0.3, -0.25) is 14.0 Å². The number of aliphatic imine (C=N–C) groups is 1. The van der Waals surface area contributed by atoms with E-state index in [1.54, 1.807) is 11.9 Å². The number of nitriles is 1. The Morgan fingerprint density at radius 2 is 2.03 bits per heavy atom. The molecule has 2 heterocycles. The van der Waals surface area contributed by atoms with Gasteiger partial charge in [0.25, 0.3) is 5.88 Å². The molecular formula is C25H21F2N5O6S. The second-order valence-electron chi connectivity index (χ2n) is 8.29. The van der Waals surface area contributed by atoms with Crippen LogP contribution in [0.5, 0.6) is 28.9 Å². The molecule has 0 fully saturated rings. The molecule has 3 aromatic rings. The number of amidine groups is 1. The van der Waals surface area contributed by atoms with Gasteiger partial charge < -0.3 is 30.3 Å². The van der Waals surface area contributed by atoms with Crippen molar-refractivity contribution >= 4 is 22.6 Å². The summed E-state index contributed by atoms with van der Waals surface area (Å²) < 4.78 is 53.8. The number of carbonyl (C=O) groups is 1. The lowest BCUT2D eigenvalue weighted by Crippen LogP contribution is -2.35. The highest BCUT2D eigenvalue weighted by atomic mass is 32.2. The molecule has 0 spiro atoms. The van der Waals surface area contributed by atoms with Crippen LogP contribution in [0.2, 0.25) is 0 Å². The monoisotopic (exact) mass is 557 g/mol. The number of likely N-dealkylation sites (N-methyl/N-ethyl adjacent to an activating group) is 1. The molecule has 0 saturated heterocycles. The molecule has 14 heteroatoms. The van der Waals surface area contributed by atoms with Crippen LogP contribution in [0.25, 0.3) is 0 Å². The van der Waals surface area contributed by atoms with Crippen LogP contribution in [0.1, 0.15) is 11.1 Å². The van der Waals surface area contributed by atoms with Crippen molar-refractivity contribution in [1.29, 1.82) is 5.26 Å². The van der Waals surface area contributed by atoms with Crippen molar-refractivity contribution in [3.63, 3.8) is 0 Å². The van der Waals surface area contributed by atoms with E-state index in [2.05, 4.69) is 9.98 Å². The summed E-state index contributed by atoms with van der Waals surface area (Å²) in [6.45, 7) is 0.983. The third-order valence-electron chi connectivity index (χ3n) is 5.57. The molecule has 4 rings (SSSR count). The highest BCUT2D eigenvalue weighted by Crippen LogP contribution is 2.38. The Morgan fingerprint density at radius 1 is 1.26 bits per heavy atom. The van der Waals surface area contributed by atoms with Crippen LogP contribution in [0.4, 0.5) is 8.78 Å². The van der Waals surface area contributed by atoms with Crippen molar-refractivity contribution in [2.45, 2.75) is 10.9 Å². The van der Waals surface area contributed by atoms with Gasteiger partial charge in [0.1, 0.15) is 17.6 Å². The lowest BCUT2D eigenvalue weighted by Gasteiger charge is -2.19. The minimum Gasteiger partial charge on any atom is -0.504 e. The molecule has 0 bridgehead atoms. The van der Waals surface area contributed by atoms with Gasteiger partial charge in [0, 0.05) is 24.6 Å². The maximum atomic E-state index is 15.4. The first-order chi connectivity index (χ1) is 18.6. The highest BCUT2D eigenvalue weighted by molar-refractivity contribution is 7.85. The molecule has 0 amide bonds. The Hall–Kier alpha value is -4.61. The van der Waals surface area contributed by atoms with Crippen LogP contribution in [0.3, 0.4) is 0 Å². The zero-order valence-corrected chi connectivity index (χ0v) is 21.1. The van der Waals surface area contributed by atoms with Crippen LogP contribution in [0.15, 0.2) is 52.5 Å². The molecular weight excluding hydrogens is 536 g/mol. The predicted octanol–water partition coefficient (Wildman–Crippen LogP) is 2.73. The van der Waals surface area contributed by atoms with Crippen LogP contribution in [-0.2, 0) is 15.6 Å².